The second-order valence-electron chi connectivity index (χ2n) is 6.09. The van der Waals surface area contributed by atoms with Crippen LogP contribution in [0.1, 0.15) is 38.5 Å². The molecule has 0 bridgehead atoms. The van der Waals surface area contributed by atoms with Gasteiger partial charge < -0.3 is 15.3 Å². The molecule has 5 nitrogen and oxygen atoms in total. The number of urea groups is 1. The minimum atomic E-state index is 0.0361. The van der Waals surface area contributed by atoms with Gasteiger partial charge in [-0.2, -0.15) is 0 Å². The maximum atomic E-state index is 12.3. The first-order valence-electron chi connectivity index (χ1n) is 7.71. The topological polar surface area (TPSA) is 55.8 Å². The molecule has 2 N–H and O–H groups in total. The van der Waals surface area contributed by atoms with Crippen LogP contribution in [0.15, 0.2) is 0 Å². The number of piperidine rings is 1. The Balaban J connectivity index is 1.56. The number of fused-ring (bicyclic) bond motifs is 1. The van der Waals surface area contributed by atoms with E-state index in [4.69, 9.17) is 5.11 Å². The Hall–Kier alpha value is -0.810. The lowest BCUT2D eigenvalue weighted by Crippen LogP contribution is -2.51. The first kappa shape index (κ1) is 13.2. The minimum Gasteiger partial charge on any atom is -0.395 e. The number of nitrogens with zero attached hydrogens (tertiary/aromatic N) is 2. The first-order valence-corrected chi connectivity index (χ1v) is 7.71. The van der Waals surface area contributed by atoms with E-state index in [2.05, 4.69) is 10.2 Å². The molecule has 0 spiro atoms. The largest absolute Gasteiger partial charge is 0.395 e. The maximum absolute atomic E-state index is 12.3. The lowest BCUT2D eigenvalue weighted by Gasteiger charge is -2.33. The van der Waals surface area contributed by atoms with Crippen LogP contribution in [-0.2, 0) is 0 Å². The summed E-state index contributed by atoms with van der Waals surface area (Å²) in [5.41, 5.74) is 0. The summed E-state index contributed by atoms with van der Waals surface area (Å²) < 4.78 is 0. The van der Waals surface area contributed by atoms with Gasteiger partial charge >= 0.3 is 6.03 Å². The van der Waals surface area contributed by atoms with Gasteiger partial charge in [-0.1, -0.05) is 6.42 Å². The fourth-order valence-corrected chi connectivity index (χ4v) is 3.60. The maximum Gasteiger partial charge on any atom is 0.317 e. The van der Waals surface area contributed by atoms with Gasteiger partial charge in [-0.15, -0.1) is 0 Å². The Kier molecular flexibility index (Phi) is 3.93. The highest BCUT2D eigenvalue weighted by Gasteiger charge is 2.38. The summed E-state index contributed by atoms with van der Waals surface area (Å²) in [6.07, 6.45) is 7.07. The molecular formula is C14H25N3O2. The summed E-state index contributed by atoms with van der Waals surface area (Å²) in [6.45, 7) is 2.85. The molecule has 0 aromatic rings. The van der Waals surface area contributed by atoms with Gasteiger partial charge in [0, 0.05) is 31.2 Å². The summed E-state index contributed by atoms with van der Waals surface area (Å²) in [5.74, 6) is 0. The number of carbonyl (C=O) groups excluding carboxylic acids is 1. The third-order valence-corrected chi connectivity index (χ3v) is 4.75. The standard InChI is InChI=1S/C14H25N3O2/c18-10-9-17(11-4-5-11)14(19)15-12-6-8-16-7-2-1-3-13(12)16/h11-13,18H,1-10H2,(H,15,19). The predicted molar refractivity (Wildman–Crippen MR) is 73.0 cm³/mol. The molecule has 3 aliphatic rings. The fourth-order valence-electron chi connectivity index (χ4n) is 3.60. The molecular weight excluding hydrogens is 242 g/mol. The molecule has 2 atom stereocenters. The fraction of sp³-hybridized carbons (Fsp3) is 0.929. The highest BCUT2D eigenvalue weighted by Crippen LogP contribution is 2.29. The number of amides is 2. The lowest BCUT2D eigenvalue weighted by molar-refractivity contribution is 0.156. The Morgan fingerprint density at radius 1 is 1.21 bits per heavy atom. The smallest absolute Gasteiger partial charge is 0.317 e. The molecule has 2 amide bonds. The van der Waals surface area contributed by atoms with Crippen LogP contribution in [0.2, 0.25) is 0 Å². The van der Waals surface area contributed by atoms with E-state index in [-0.39, 0.29) is 12.6 Å². The van der Waals surface area contributed by atoms with Crippen LogP contribution in [-0.4, -0.2) is 65.3 Å². The van der Waals surface area contributed by atoms with E-state index >= 15 is 0 Å². The normalized spacial score (nSPS) is 31.0. The van der Waals surface area contributed by atoms with Crippen molar-refractivity contribution in [2.24, 2.45) is 0 Å². The molecule has 2 aliphatic heterocycles. The molecule has 2 saturated heterocycles. The Bertz CT molecular complexity index is 333. The third kappa shape index (κ3) is 2.87. The number of aliphatic hydroxyl groups is 1. The molecule has 2 heterocycles. The lowest BCUT2D eigenvalue weighted by atomic mass is 9.99. The van der Waals surface area contributed by atoms with E-state index in [1.807, 2.05) is 4.90 Å². The zero-order chi connectivity index (χ0) is 13.2. The summed E-state index contributed by atoms with van der Waals surface area (Å²) in [7, 11) is 0. The summed E-state index contributed by atoms with van der Waals surface area (Å²) >= 11 is 0. The quantitative estimate of drug-likeness (QED) is 0.791. The molecule has 19 heavy (non-hydrogen) atoms. The van der Waals surface area contributed by atoms with Crippen molar-refractivity contribution in [1.29, 1.82) is 0 Å². The van der Waals surface area contributed by atoms with Crippen molar-refractivity contribution in [2.75, 3.05) is 26.2 Å². The van der Waals surface area contributed by atoms with Crippen molar-refractivity contribution in [3.63, 3.8) is 0 Å². The van der Waals surface area contributed by atoms with Gasteiger partial charge in [-0.3, -0.25) is 4.90 Å². The molecule has 2 unspecified atom stereocenters. The summed E-state index contributed by atoms with van der Waals surface area (Å²) in [5, 5.41) is 12.3. The van der Waals surface area contributed by atoms with Crippen molar-refractivity contribution in [3.05, 3.63) is 0 Å². The second-order valence-corrected chi connectivity index (χ2v) is 6.09. The predicted octanol–water partition coefficient (Wildman–Crippen LogP) is 0.779. The average Bonchev–Trinajstić information content (AvgIpc) is 3.19. The van der Waals surface area contributed by atoms with Gasteiger partial charge in [0.15, 0.2) is 0 Å². The van der Waals surface area contributed by atoms with Gasteiger partial charge in [0.05, 0.1) is 6.61 Å². The summed E-state index contributed by atoms with van der Waals surface area (Å²) in [4.78, 5) is 16.7. The number of aliphatic hydroxyl groups excluding tert-OH is 1. The van der Waals surface area contributed by atoms with E-state index in [0.717, 1.165) is 25.8 Å². The van der Waals surface area contributed by atoms with Crippen molar-refractivity contribution >= 4 is 6.03 Å². The van der Waals surface area contributed by atoms with Gasteiger partial charge in [0.2, 0.25) is 0 Å². The Morgan fingerprint density at radius 3 is 2.79 bits per heavy atom. The SMILES string of the molecule is O=C(NC1CCN2CCCCC12)N(CCO)C1CC1. The van der Waals surface area contributed by atoms with Crippen LogP contribution in [0.25, 0.3) is 0 Å². The number of nitrogens with one attached hydrogen (secondary N) is 1. The molecule has 1 aliphatic carbocycles. The van der Waals surface area contributed by atoms with Gasteiger partial charge in [-0.05, 0) is 38.6 Å². The molecule has 0 radical (unpaired) electrons. The average molecular weight is 267 g/mol. The van der Waals surface area contributed by atoms with Crippen LogP contribution in [0, 0.1) is 0 Å². The van der Waals surface area contributed by atoms with Crippen LogP contribution >= 0.6 is 0 Å². The molecule has 0 aromatic carbocycles. The number of hydrogen-bond acceptors (Lipinski definition) is 3. The molecule has 5 heteroatoms. The highest BCUT2D eigenvalue weighted by atomic mass is 16.3. The molecule has 3 fully saturated rings. The van der Waals surface area contributed by atoms with E-state index in [9.17, 15) is 4.79 Å². The van der Waals surface area contributed by atoms with Crippen molar-refractivity contribution < 1.29 is 9.90 Å². The zero-order valence-corrected chi connectivity index (χ0v) is 11.6. The molecule has 0 aromatic heterocycles. The zero-order valence-electron chi connectivity index (χ0n) is 11.6. The Morgan fingerprint density at radius 2 is 2.05 bits per heavy atom. The van der Waals surface area contributed by atoms with Crippen LogP contribution in [0.3, 0.4) is 0 Å². The Labute approximate surface area is 114 Å². The monoisotopic (exact) mass is 267 g/mol. The van der Waals surface area contributed by atoms with Crippen molar-refractivity contribution in [3.8, 4) is 0 Å². The van der Waals surface area contributed by atoms with E-state index < -0.39 is 0 Å². The first-order chi connectivity index (χ1) is 9.29. The van der Waals surface area contributed by atoms with Gasteiger partial charge in [0.1, 0.15) is 0 Å². The van der Waals surface area contributed by atoms with Crippen molar-refractivity contribution in [2.45, 2.75) is 56.7 Å². The van der Waals surface area contributed by atoms with Crippen LogP contribution < -0.4 is 5.32 Å². The molecule has 3 rings (SSSR count). The molecule has 108 valence electrons. The summed E-state index contributed by atoms with van der Waals surface area (Å²) in [6, 6.07) is 1.27. The second kappa shape index (κ2) is 5.67. The van der Waals surface area contributed by atoms with E-state index in [1.54, 1.807) is 0 Å². The number of hydrogen-bond donors (Lipinski definition) is 2. The van der Waals surface area contributed by atoms with Crippen molar-refractivity contribution in [1.82, 2.24) is 15.1 Å². The minimum absolute atomic E-state index is 0.0361. The van der Waals surface area contributed by atoms with Gasteiger partial charge in [-0.25, -0.2) is 4.79 Å². The highest BCUT2D eigenvalue weighted by molar-refractivity contribution is 5.75. The third-order valence-electron chi connectivity index (χ3n) is 4.75. The van der Waals surface area contributed by atoms with Crippen LogP contribution in [0.4, 0.5) is 4.79 Å². The van der Waals surface area contributed by atoms with E-state index in [0.29, 0.717) is 24.7 Å². The van der Waals surface area contributed by atoms with Gasteiger partial charge in [0.25, 0.3) is 0 Å². The molecule has 1 saturated carbocycles. The number of rotatable bonds is 4. The van der Waals surface area contributed by atoms with E-state index in [1.165, 1.54) is 25.8 Å². The van der Waals surface area contributed by atoms with Crippen LogP contribution in [0.5, 0.6) is 0 Å². The number of carbonyl (C=O) groups is 1.